The van der Waals surface area contributed by atoms with E-state index in [0.29, 0.717) is 22.9 Å². The van der Waals surface area contributed by atoms with Crippen molar-refractivity contribution in [3.63, 3.8) is 0 Å². The number of halogens is 1. The average Bonchev–Trinajstić information content (AvgIpc) is 2.89. The number of nitrogens with one attached hydrogen (secondary N) is 1. The lowest BCUT2D eigenvalue weighted by Crippen LogP contribution is -2.20. The van der Waals surface area contributed by atoms with Crippen LogP contribution in [-0.4, -0.2) is 18.0 Å². The molecule has 2 aromatic rings. The monoisotopic (exact) mass is 336 g/mol. The van der Waals surface area contributed by atoms with Crippen LogP contribution < -0.4 is 10.1 Å². The van der Waals surface area contributed by atoms with Gasteiger partial charge in [0.1, 0.15) is 5.76 Å². The molecule has 2 rings (SSSR count). The van der Waals surface area contributed by atoms with E-state index in [1.807, 2.05) is 6.07 Å². The van der Waals surface area contributed by atoms with Crippen LogP contribution in [0.25, 0.3) is 6.08 Å². The summed E-state index contributed by atoms with van der Waals surface area (Å²) in [6, 6.07) is 7.12. The summed E-state index contributed by atoms with van der Waals surface area (Å²) in [5.74, 6) is 0.954. The van der Waals surface area contributed by atoms with Crippen LogP contribution in [0.2, 0.25) is 0 Å². The number of aromatic nitrogens is 1. The topological polar surface area (TPSA) is 64.4 Å². The van der Waals surface area contributed by atoms with Crippen molar-refractivity contribution in [2.75, 3.05) is 7.11 Å². The van der Waals surface area contributed by atoms with Gasteiger partial charge in [0.2, 0.25) is 11.8 Å². The molecule has 2 heterocycles. The molecule has 0 saturated heterocycles. The zero-order valence-electron chi connectivity index (χ0n) is 10.8. The quantitative estimate of drug-likeness (QED) is 0.852. The Kier molecular flexibility index (Phi) is 4.95. The summed E-state index contributed by atoms with van der Waals surface area (Å²) in [5.41, 5.74) is 0.897. The van der Waals surface area contributed by atoms with E-state index < -0.39 is 0 Å². The van der Waals surface area contributed by atoms with E-state index in [0.717, 1.165) is 5.56 Å². The summed E-state index contributed by atoms with van der Waals surface area (Å²) in [6.45, 7) is 0.405. The van der Waals surface area contributed by atoms with Crippen molar-refractivity contribution in [3.05, 3.63) is 52.5 Å². The lowest BCUT2D eigenvalue weighted by molar-refractivity contribution is -0.116. The fraction of sp³-hybridized carbons (Fsp3) is 0.143. The van der Waals surface area contributed by atoms with Crippen LogP contribution in [0.1, 0.15) is 11.3 Å². The van der Waals surface area contributed by atoms with Crippen LogP contribution in [0, 0.1) is 0 Å². The molecule has 0 atom stereocenters. The van der Waals surface area contributed by atoms with E-state index in [4.69, 9.17) is 9.15 Å². The molecule has 0 fully saturated rings. The highest BCUT2D eigenvalue weighted by molar-refractivity contribution is 9.10. The standard InChI is InChI=1S/C14H13BrN2O3/c1-19-14-7-2-10(9-17-14)8-16-13(18)6-4-11-3-5-12(15)20-11/h2-7,9H,8H2,1H3,(H,16,18)/b6-4+. The van der Waals surface area contributed by atoms with E-state index in [2.05, 4.69) is 26.2 Å². The molecule has 0 aliphatic heterocycles. The molecule has 0 unspecified atom stereocenters. The highest BCUT2D eigenvalue weighted by atomic mass is 79.9. The molecule has 1 amide bonds. The maximum absolute atomic E-state index is 11.6. The number of rotatable bonds is 5. The number of ether oxygens (including phenoxy) is 1. The predicted octanol–water partition coefficient (Wildman–Crippen LogP) is 2.78. The van der Waals surface area contributed by atoms with E-state index in [1.165, 1.54) is 6.08 Å². The Morgan fingerprint density at radius 1 is 1.45 bits per heavy atom. The number of furan rings is 1. The Hall–Kier alpha value is -2.08. The Labute approximate surface area is 124 Å². The second kappa shape index (κ2) is 6.91. The first-order valence-corrected chi connectivity index (χ1v) is 6.67. The van der Waals surface area contributed by atoms with Gasteiger partial charge in [-0.25, -0.2) is 4.98 Å². The van der Waals surface area contributed by atoms with E-state index >= 15 is 0 Å². The minimum Gasteiger partial charge on any atom is -0.481 e. The van der Waals surface area contributed by atoms with Gasteiger partial charge in [-0.05, 0) is 39.7 Å². The van der Waals surface area contributed by atoms with Gasteiger partial charge in [-0.15, -0.1) is 0 Å². The van der Waals surface area contributed by atoms with Crippen molar-refractivity contribution < 1.29 is 13.9 Å². The van der Waals surface area contributed by atoms with Gasteiger partial charge in [0.05, 0.1) is 7.11 Å². The molecule has 0 aliphatic carbocycles. The van der Waals surface area contributed by atoms with Crippen LogP contribution in [0.15, 0.2) is 45.6 Å². The van der Waals surface area contributed by atoms with Crippen molar-refractivity contribution in [2.45, 2.75) is 6.54 Å². The molecule has 0 spiro atoms. The molecule has 20 heavy (non-hydrogen) atoms. The number of nitrogens with zero attached hydrogens (tertiary/aromatic N) is 1. The minimum absolute atomic E-state index is 0.201. The van der Waals surface area contributed by atoms with Gasteiger partial charge in [-0.1, -0.05) is 6.07 Å². The van der Waals surface area contributed by atoms with Crippen LogP contribution in [0.3, 0.4) is 0 Å². The zero-order valence-corrected chi connectivity index (χ0v) is 12.4. The smallest absolute Gasteiger partial charge is 0.244 e. The lowest BCUT2D eigenvalue weighted by atomic mass is 10.3. The number of carbonyl (C=O) groups excluding carboxylic acids is 1. The summed E-state index contributed by atoms with van der Waals surface area (Å²) in [7, 11) is 1.56. The number of amides is 1. The highest BCUT2D eigenvalue weighted by Crippen LogP contribution is 2.14. The maximum Gasteiger partial charge on any atom is 0.244 e. The zero-order chi connectivity index (χ0) is 14.4. The minimum atomic E-state index is -0.201. The van der Waals surface area contributed by atoms with Gasteiger partial charge in [0.15, 0.2) is 4.67 Å². The molecule has 0 radical (unpaired) electrons. The van der Waals surface area contributed by atoms with Crippen LogP contribution >= 0.6 is 15.9 Å². The van der Waals surface area contributed by atoms with E-state index in [-0.39, 0.29) is 5.91 Å². The summed E-state index contributed by atoms with van der Waals surface area (Å²) in [6.07, 6.45) is 4.68. The third-order valence-electron chi connectivity index (χ3n) is 2.47. The van der Waals surface area contributed by atoms with Crippen LogP contribution in [0.5, 0.6) is 5.88 Å². The Morgan fingerprint density at radius 2 is 2.30 bits per heavy atom. The first-order valence-electron chi connectivity index (χ1n) is 5.87. The van der Waals surface area contributed by atoms with E-state index in [9.17, 15) is 4.79 Å². The number of methoxy groups -OCH3 is 1. The molecular weight excluding hydrogens is 324 g/mol. The Bertz CT molecular complexity index is 605. The molecule has 0 aromatic carbocycles. The summed E-state index contributed by atoms with van der Waals surface area (Å²) < 4.78 is 10.8. The molecule has 0 aliphatic rings. The first kappa shape index (κ1) is 14.3. The molecule has 1 N–H and O–H groups in total. The third-order valence-corrected chi connectivity index (χ3v) is 2.89. The summed E-state index contributed by atoms with van der Waals surface area (Å²) in [5, 5.41) is 2.75. The Morgan fingerprint density at radius 3 is 2.90 bits per heavy atom. The number of hydrogen-bond acceptors (Lipinski definition) is 4. The Balaban J connectivity index is 1.83. The highest BCUT2D eigenvalue weighted by Gasteiger charge is 2.00. The second-order valence-corrected chi connectivity index (χ2v) is 4.68. The van der Waals surface area contributed by atoms with Crippen molar-refractivity contribution in [2.24, 2.45) is 0 Å². The number of carbonyl (C=O) groups is 1. The van der Waals surface area contributed by atoms with Gasteiger partial charge in [-0.3, -0.25) is 4.79 Å². The molecule has 0 saturated carbocycles. The average molecular weight is 337 g/mol. The van der Waals surface area contributed by atoms with Gasteiger partial charge in [0, 0.05) is 24.9 Å². The van der Waals surface area contributed by atoms with Crippen molar-refractivity contribution in [1.29, 1.82) is 0 Å². The summed E-state index contributed by atoms with van der Waals surface area (Å²) >= 11 is 3.19. The first-order chi connectivity index (χ1) is 9.67. The predicted molar refractivity (Wildman–Crippen MR) is 78.1 cm³/mol. The van der Waals surface area contributed by atoms with Crippen LogP contribution in [0.4, 0.5) is 0 Å². The molecule has 104 valence electrons. The lowest BCUT2D eigenvalue weighted by Gasteiger charge is -2.03. The second-order valence-electron chi connectivity index (χ2n) is 3.90. The number of hydrogen-bond donors (Lipinski definition) is 1. The van der Waals surface area contributed by atoms with Gasteiger partial charge in [0.25, 0.3) is 0 Å². The van der Waals surface area contributed by atoms with Gasteiger partial charge >= 0.3 is 0 Å². The van der Waals surface area contributed by atoms with Gasteiger partial charge in [-0.2, -0.15) is 0 Å². The van der Waals surface area contributed by atoms with Crippen molar-refractivity contribution >= 4 is 27.9 Å². The molecular formula is C14H13BrN2O3. The normalized spacial score (nSPS) is 10.7. The maximum atomic E-state index is 11.6. The van der Waals surface area contributed by atoms with Gasteiger partial charge < -0.3 is 14.5 Å². The van der Waals surface area contributed by atoms with Crippen molar-refractivity contribution in [1.82, 2.24) is 10.3 Å². The summed E-state index contributed by atoms with van der Waals surface area (Å²) in [4.78, 5) is 15.7. The van der Waals surface area contributed by atoms with Crippen LogP contribution in [-0.2, 0) is 11.3 Å². The number of pyridine rings is 1. The fourth-order valence-electron chi connectivity index (χ4n) is 1.46. The van der Waals surface area contributed by atoms with Crippen molar-refractivity contribution in [3.8, 4) is 5.88 Å². The molecule has 5 nitrogen and oxygen atoms in total. The largest absolute Gasteiger partial charge is 0.481 e. The third kappa shape index (κ3) is 4.24. The molecule has 6 heteroatoms. The molecule has 0 bridgehead atoms. The SMILES string of the molecule is COc1ccc(CNC(=O)/C=C/c2ccc(Br)o2)cn1. The molecule has 2 aromatic heterocycles. The fourth-order valence-corrected chi connectivity index (χ4v) is 1.78. The van der Waals surface area contributed by atoms with E-state index in [1.54, 1.807) is 37.6 Å².